The lowest BCUT2D eigenvalue weighted by Gasteiger charge is -2.16. The van der Waals surface area contributed by atoms with Gasteiger partial charge in [-0.15, -0.1) is 11.3 Å². The average Bonchev–Trinajstić information content (AvgIpc) is 3.88. The van der Waals surface area contributed by atoms with Crippen LogP contribution in [0.2, 0.25) is 0 Å². The molecule has 0 radical (unpaired) electrons. The first-order valence-electron chi connectivity index (χ1n) is 24.2. The number of pyridine rings is 2. The molecule has 3 aromatic heterocycles. The van der Waals surface area contributed by atoms with Crippen LogP contribution in [0.1, 0.15) is 0 Å². The summed E-state index contributed by atoms with van der Waals surface area (Å²) < 4.78 is 2.29. The number of aromatic nitrogens is 3. The molecule has 5 heteroatoms. The summed E-state index contributed by atoms with van der Waals surface area (Å²) in [6, 6.07) is 86.3. The van der Waals surface area contributed by atoms with E-state index < -0.39 is 0 Å². The highest BCUT2D eigenvalue weighted by Gasteiger charge is 2.19. The van der Waals surface area contributed by atoms with E-state index in [0.29, 0.717) is 0 Å². The number of rotatable bonds is 4. The molecule has 15 aromatic rings. The van der Waals surface area contributed by atoms with Gasteiger partial charge < -0.3 is 0 Å². The molecule has 0 fully saturated rings. The van der Waals surface area contributed by atoms with Gasteiger partial charge in [0.25, 0.3) is 0 Å². The second-order valence-electron chi connectivity index (χ2n) is 18.4. The van der Waals surface area contributed by atoms with Gasteiger partial charge in [0.2, 0.25) is 0 Å². The zero-order valence-electron chi connectivity index (χ0n) is 38.7. The van der Waals surface area contributed by atoms with Crippen LogP contribution in [0, 0.1) is 0 Å². The van der Waals surface area contributed by atoms with Gasteiger partial charge in [-0.1, -0.05) is 210 Å². The summed E-state index contributed by atoms with van der Waals surface area (Å²) in [4.78, 5) is 15.5. The minimum atomic E-state index is 1.01. The number of hydrogen-bond acceptors (Lipinski definition) is 4. The quantitative estimate of drug-likeness (QED) is 0.165. The third-order valence-corrected chi connectivity index (χ3v) is 15.9. The molecule has 0 saturated heterocycles. The van der Waals surface area contributed by atoms with E-state index in [0.717, 1.165) is 65.1 Å². The van der Waals surface area contributed by atoms with Gasteiger partial charge in [0.1, 0.15) is 5.01 Å². The third-order valence-electron chi connectivity index (χ3n) is 14.1. The Morgan fingerprint density at radius 1 is 0.292 bits per heavy atom. The maximum absolute atomic E-state index is 5.30. The fraction of sp³-hybridized carbons (Fsp3) is 0. The molecule has 0 aliphatic heterocycles. The van der Waals surface area contributed by atoms with Gasteiger partial charge in [0, 0.05) is 53.5 Å². The second kappa shape index (κ2) is 17.4. The Kier molecular flexibility index (Phi) is 10.2. The minimum Gasteiger partial charge on any atom is -0.247 e. The van der Waals surface area contributed by atoms with Crippen LogP contribution in [0.25, 0.3) is 141 Å². The molecule has 0 aliphatic rings. The van der Waals surface area contributed by atoms with Crippen LogP contribution in [0.4, 0.5) is 0 Å². The van der Waals surface area contributed by atoms with E-state index >= 15 is 0 Å². The van der Waals surface area contributed by atoms with Gasteiger partial charge in [-0.05, 0) is 103 Å². The van der Waals surface area contributed by atoms with Crippen LogP contribution < -0.4 is 0 Å². The van der Waals surface area contributed by atoms with Crippen LogP contribution in [0.15, 0.2) is 247 Å². The first-order valence-corrected chi connectivity index (χ1v) is 25.8. The van der Waals surface area contributed by atoms with Crippen LogP contribution in [0.5, 0.6) is 0 Å². The van der Waals surface area contributed by atoms with Crippen LogP contribution in [-0.4, -0.2) is 15.0 Å². The second-order valence-corrected chi connectivity index (χ2v) is 20.3. The molecule has 3 heterocycles. The predicted octanol–water partition coefficient (Wildman–Crippen LogP) is 19.4. The molecule has 15 rings (SSSR count). The largest absolute Gasteiger partial charge is 0.247 e. The zero-order valence-corrected chi connectivity index (χ0v) is 41.1. The fourth-order valence-corrected chi connectivity index (χ4v) is 12.3. The van der Waals surface area contributed by atoms with E-state index in [4.69, 9.17) is 15.0 Å². The van der Waals surface area contributed by atoms with E-state index in [9.17, 15) is 0 Å². The molecule has 0 saturated carbocycles. The van der Waals surface area contributed by atoms with Gasteiger partial charge in [-0.3, -0.25) is 0 Å². The lowest BCUT2D eigenvalue weighted by Crippen LogP contribution is -1.93. The molecule has 0 unspecified atom stereocenters. The fourth-order valence-electron chi connectivity index (χ4n) is 10.7. The number of hydrogen-bond donors (Lipinski definition) is 0. The number of nitrogens with zero attached hydrogens (tertiary/aromatic N) is 3. The van der Waals surface area contributed by atoms with Gasteiger partial charge in [0.05, 0.1) is 32.6 Å². The molecular formula is C67H40BrN3S. The van der Waals surface area contributed by atoms with Crippen molar-refractivity contribution in [2.75, 3.05) is 0 Å². The highest BCUT2D eigenvalue weighted by atomic mass is 79.9. The van der Waals surface area contributed by atoms with Crippen LogP contribution >= 0.6 is 27.3 Å². The monoisotopic (exact) mass is 997 g/mol. The van der Waals surface area contributed by atoms with Gasteiger partial charge >= 0.3 is 0 Å². The Labute approximate surface area is 427 Å². The van der Waals surface area contributed by atoms with Crippen LogP contribution in [-0.2, 0) is 0 Å². The Morgan fingerprint density at radius 3 is 1.38 bits per heavy atom. The van der Waals surface area contributed by atoms with E-state index in [1.54, 1.807) is 11.3 Å². The number of fused-ring (bicyclic) bond motifs is 13. The van der Waals surface area contributed by atoms with Crippen molar-refractivity contribution in [2.24, 2.45) is 0 Å². The molecule has 0 aliphatic carbocycles. The highest BCUT2D eigenvalue weighted by molar-refractivity contribution is 9.10. The Hall–Kier alpha value is -8.61. The molecule has 72 heavy (non-hydrogen) atoms. The highest BCUT2D eigenvalue weighted by Crippen LogP contribution is 2.44. The average molecular weight is 999 g/mol. The minimum absolute atomic E-state index is 1.01. The van der Waals surface area contributed by atoms with E-state index in [1.807, 2.05) is 6.07 Å². The Bertz CT molecular complexity index is 4660. The van der Waals surface area contributed by atoms with Crippen molar-refractivity contribution in [1.29, 1.82) is 0 Å². The molecule has 0 amide bonds. The summed E-state index contributed by atoms with van der Waals surface area (Å²) in [5, 5.41) is 18.1. The molecule has 0 bridgehead atoms. The maximum atomic E-state index is 5.30. The predicted molar refractivity (Wildman–Crippen MR) is 311 cm³/mol. The normalized spacial score (nSPS) is 11.7. The molecule has 336 valence electrons. The van der Waals surface area contributed by atoms with Crippen molar-refractivity contribution in [3.8, 4) is 44.2 Å². The number of thiazole rings is 1. The lowest BCUT2D eigenvalue weighted by atomic mass is 9.89. The van der Waals surface area contributed by atoms with Crippen molar-refractivity contribution in [1.82, 2.24) is 15.0 Å². The standard InChI is InChI=1S/C40H24N2S.C27H16BrN/c1-2-11-26(12-3-1)40-42-36-23-28(20-21-37(36)43-40)33-24-34-38(31-15-7-6-14-30(31)33)32-16-8-9-17-35(32)41-39(34)29-19-18-25-10-4-5-13-27(25)22-29;28-24-16-23-26(21-10-4-3-9-20(21)24)22-11-5-6-12-25(22)29-27(23)19-14-13-17-7-1-2-8-18(17)15-19/h1-24H;1-16H. The molecule has 0 spiro atoms. The Balaban J connectivity index is 0.000000144. The van der Waals surface area contributed by atoms with Crippen molar-refractivity contribution in [3.63, 3.8) is 0 Å². The first kappa shape index (κ1) is 42.3. The van der Waals surface area contributed by atoms with Crippen LogP contribution in [0.3, 0.4) is 0 Å². The topological polar surface area (TPSA) is 38.7 Å². The van der Waals surface area contributed by atoms with E-state index in [-0.39, 0.29) is 0 Å². The summed E-state index contributed by atoms with van der Waals surface area (Å²) in [6.45, 7) is 0. The smallest absolute Gasteiger partial charge is 0.124 e. The maximum Gasteiger partial charge on any atom is 0.124 e. The number of para-hydroxylation sites is 2. The van der Waals surface area contributed by atoms with Gasteiger partial charge in [-0.25, -0.2) is 15.0 Å². The summed E-state index contributed by atoms with van der Waals surface area (Å²) in [5.74, 6) is 0. The van der Waals surface area contributed by atoms with Crippen molar-refractivity contribution in [3.05, 3.63) is 247 Å². The third kappa shape index (κ3) is 7.20. The summed E-state index contributed by atoms with van der Waals surface area (Å²) in [6.07, 6.45) is 0. The number of benzene rings is 12. The molecular weight excluding hydrogens is 959 g/mol. The molecule has 0 N–H and O–H groups in total. The lowest BCUT2D eigenvalue weighted by molar-refractivity contribution is 1.43. The van der Waals surface area contributed by atoms with Crippen molar-refractivity contribution >= 4 is 124 Å². The molecule has 3 nitrogen and oxygen atoms in total. The van der Waals surface area contributed by atoms with Gasteiger partial charge in [0.15, 0.2) is 0 Å². The summed E-state index contributed by atoms with van der Waals surface area (Å²) in [5.41, 5.74) is 10.9. The van der Waals surface area contributed by atoms with Crippen molar-refractivity contribution in [2.45, 2.75) is 0 Å². The van der Waals surface area contributed by atoms with Gasteiger partial charge in [-0.2, -0.15) is 0 Å². The SMILES string of the molecule is Brc1cc2c(-c3ccc4ccccc4c3)nc3ccccc3c2c2ccccc12.c1ccc(-c2nc3cc(-c4cc5c(-c6ccc7ccccc7c6)nc6ccccc6c5c5ccccc45)ccc3s2)cc1. The zero-order chi connectivity index (χ0) is 47.7. The van der Waals surface area contributed by atoms with Crippen molar-refractivity contribution < 1.29 is 0 Å². The molecule has 12 aromatic carbocycles. The Morgan fingerprint density at radius 2 is 0.764 bits per heavy atom. The first-order chi connectivity index (χ1) is 35.6. The van der Waals surface area contributed by atoms with E-state index in [2.05, 4.69) is 253 Å². The molecule has 0 atom stereocenters. The number of halogens is 1. The van der Waals surface area contributed by atoms with E-state index in [1.165, 1.54) is 80.3 Å². The summed E-state index contributed by atoms with van der Waals surface area (Å²) in [7, 11) is 0. The summed E-state index contributed by atoms with van der Waals surface area (Å²) >= 11 is 5.54.